The first kappa shape index (κ1) is 20.5. The van der Waals surface area contributed by atoms with Crippen molar-refractivity contribution in [2.45, 2.75) is 50.9 Å². The maximum atomic E-state index is 13.6. The molecule has 0 unspecified atom stereocenters. The summed E-state index contributed by atoms with van der Waals surface area (Å²) < 4.78 is 65.3. The van der Waals surface area contributed by atoms with Gasteiger partial charge in [-0.2, -0.15) is 18.3 Å². The maximum Gasteiger partial charge on any atom is 0.410 e. The number of sulfone groups is 1. The summed E-state index contributed by atoms with van der Waals surface area (Å²) in [6.07, 6.45) is -2.79. The molecular weight excluding hydrogens is 409 g/mol. The number of rotatable bonds is 2. The highest BCUT2D eigenvalue weighted by molar-refractivity contribution is 7.91. The summed E-state index contributed by atoms with van der Waals surface area (Å²) in [5, 5.41) is 7.20. The number of halogens is 3. The number of amides is 1. The number of carbonyl (C=O) groups excluding carboxylic acids is 1. The highest BCUT2D eigenvalue weighted by atomic mass is 32.2. The zero-order chi connectivity index (χ0) is 21.0. The lowest BCUT2D eigenvalue weighted by molar-refractivity contribution is -0.175. The summed E-state index contributed by atoms with van der Waals surface area (Å²) in [6.45, 7) is 2.54. The van der Waals surface area contributed by atoms with E-state index in [0.717, 1.165) is 11.1 Å². The molecule has 1 aromatic heterocycles. The highest BCUT2D eigenvalue weighted by Gasteiger charge is 2.48. The number of alkyl halides is 3. The Kier molecular flexibility index (Phi) is 5.07. The topological polar surface area (TPSA) is 84.3 Å². The summed E-state index contributed by atoms with van der Waals surface area (Å²) >= 11 is 0. The molecule has 2 saturated heterocycles. The van der Waals surface area contributed by atoms with E-state index in [2.05, 4.69) is 10.4 Å². The molecule has 4 rings (SSSR count). The molecule has 4 heterocycles. The number of aromatic nitrogens is 2. The third-order valence-electron chi connectivity index (χ3n) is 6.26. The van der Waals surface area contributed by atoms with Gasteiger partial charge in [0.15, 0.2) is 15.9 Å². The second-order valence-electron chi connectivity index (χ2n) is 8.45. The van der Waals surface area contributed by atoms with Gasteiger partial charge in [0.1, 0.15) is 5.82 Å². The standard InChI is InChI=1S/C18H25F3N4O3S/c1-11-7-16-22-14(8-15(18(19,20)21)25(16)23-11)12-3-2-5-24(9-12)17(26)13-4-6-29(27,28)10-13/h7,12-15,22H,2-6,8-10H2,1H3/t12-,13+,14+,15-/m1/s1. The van der Waals surface area contributed by atoms with Crippen LogP contribution in [0, 0.1) is 18.8 Å². The molecule has 29 heavy (non-hydrogen) atoms. The number of aryl methyl sites for hydroxylation is 1. The van der Waals surface area contributed by atoms with Crippen molar-refractivity contribution in [3.05, 3.63) is 11.8 Å². The van der Waals surface area contributed by atoms with Crippen LogP contribution in [0.5, 0.6) is 0 Å². The molecule has 3 aliphatic rings. The van der Waals surface area contributed by atoms with Crippen LogP contribution in [0.1, 0.15) is 37.4 Å². The van der Waals surface area contributed by atoms with E-state index in [1.165, 1.54) is 0 Å². The lowest BCUT2D eigenvalue weighted by Gasteiger charge is -2.42. The van der Waals surface area contributed by atoms with Gasteiger partial charge < -0.3 is 10.2 Å². The van der Waals surface area contributed by atoms with Gasteiger partial charge in [0, 0.05) is 25.2 Å². The average molecular weight is 434 g/mol. The smallest absolute Gasteiger partial charge is 0.367 e. The molecule has 162 valence electrons. The molecule has 0 saturated carbocycles. The summed E-state index contributed by atoms with van der Waals surface area (Å²) in [5.41, 5.74) is 0.519. The predicted molar refractivity (Wildman–Crippen MR) is 100 cm³/mol. The SMILES string of the molecule is Cc1cc2n(n1)[C@@H](C(F)(F)F)C[C@@H]([C@@H]1CCCN(C(=O)[C@H]3CCS(=O)(=O)C3)C1)N2. The number of hydrogen-bond donors (Lipinski definition) is 1. The number of anilines is 1. The molecule has 11 heteroatoms. The first-order valence-electron chi connectivity index (χ1n) is 9.92. The lowest BCUT2D eigenvalue weighted by atomic mass is 9.85. The van der Waals surface area contributed by atoms with Gasteiger partial charge in [-0.3, -0.25) is 4.79 Å². The van der Waals surface area contributed by atoms with Crippen LogP contribution in [-0.4, -0.2) is 65.8 Å². The van der Waals surface area contributed by atoms with E-state index in [9.17, 15) is 26.4 Å². The molecule has 0 aromatic carbocycles. The Labute approximate surface area is 167 Å². The molecule has 1 N–H and O–H groups in total. The van der Waals surface area contributed by atoms with Gasteiger partial charge in [-0.05, 0) is 38.5 Å². The second-order valence-corrected chi connectivity index (χ2v) is 10.7. The van der Waals surface area contributed by atoms with Crippen LogP contribution in [0.3, 0.4) is 0 Å². The number of piperidine rings is 1. The van der Waals surface area contributed by atoms with E-state index in [4.69, 9.17) is 0 Å². The Morgan fingerprint density at radius 3 is 2.72 bits per heavy atom. The predicted octanol–water partition coefficient (Wildman–Crippen LogP) is 2.15. The van der Waals surface area contributed by atoms with E-state index in [0.29, 0.717) is 37.4 Å². The quantitative estimate of drug-likeness (QED) is 0.771. The fraction of sp³-hybridized carbons (Fsp3) is 0.778. The fourth-order valence-electron chi connectivity index (χ4n) is 4.82. The Morgan fingerprint density at radius 1 is 1.31 bits per heavy atom. The second kappa shape index (κ2) is 7.17. The van der Waals surface area contributed by atoms with Crippen molar-refractivity contribution in [1.82, 2.24) is 14.7 Å². The maximum absolute atomic E-state index is 13.6. The normalized spacial score (nSPS) is 31.9. The molecular formula is C18H25F3N4O3S. The zero-order valence-corrected chi connectivity index (χ0v) is 17.0. The van der Waals surface area contributed by atoms with Crippen molar-refractivity contribution < 1.29 is 26.4 Å². The monoisotopic (exact) mass is 434 g/mol. The lowest BCUT2D eigenvalue weighted by Crippen LogP contribution is -2.50. The number of carbonyl (C=O) groups is 1. The number of likely N-dealkylation sites (tertiary alicyclic amines) is 1. The Bertz CT molecular complexity index is 899. The first-order chi connectivity index (χ1) is 13.5. The molecule has 1 aromatic rings. The third kappa shape index (κ3) is 4.10. The highest BCUT2D eigenvalue weighted by Crippen LogP contribution is 2.42. The molecule has 0 bridgehead atoms. The van der Waals surface area contributed by atoms with Crippen LogP contribution in [0.2, 0.25) is 0 Å². The number of hydrogen-bond acceptors (Lipinski definition) is 5. The summed E-state index contributed by atoms with van der Waals surface area (Å²) in [5.74, 6) is -0.569. The largest absolute Gasteiger partial charge is 0.410 e. The molecule has 3 aliphatic heterocycles. The van der Waals surface area contributed by atoms with E-state index >= 15 is 0 Å². The van der Waals surface area contributed by atoms with Crippen molar-refractivity contribution in [3.8, 4) is 0 Å². The van der Waals surface area contributed by atoms with Crippen LogP contribution in [0.25, 0.3) is 0 Å². The van der Waals surface area contributed by atoms with Crippen LogP contribution in [0.4, 0.5) is 19.0 Å². The first-order valence-corrected chi connectivity index (χ1v) is 11.7. The molecule has 2 fully saturated rings. The summed E-state index contributed by atoms with van der Waals surface area (Å²) in [4.78, 5) is 14.4. The third-order valence-corrected chi connectivity index (χ3v) is 8.03. The van der Waals surface area contributed by atoms with E-state index in [-0.39, 0.29) is 29.8 Å². The zero-order valence-electron chi connectivity index (χ0n) is 16.2. The summed E-state index contributed by atoms with van der Waals surface area (Å²) in [7, 11) is -3.16. The molecule has 0 radical (unpaired) electrons. The van der Waals surface area contributed by atoms with Crippen molar-refractivity contribution >= 4 is 21.6 Å². The molecule has 1 amide bonds. The van der Waals surface area contributed by atoms with E-state index < -0.39 is 34.0 Å². The van der Waals surface area contributed by atoms with Crippen LogP contribution in [-0.2, 0) is 14.6 Å². The minimum absolute atomic E-state index is 0.0292. The van der Waals surface area contributed by atoms with Gasteiger partial charge in [0.05, 0.1) is 23.1 Å². The van der Waals surface area contributed by atoms with Gasteiger partial charge in [0.25, 0.3) is 0 Å². The molecule has 7 nitrogen and oxygen atoms in total. The molecule has 0 aliphatic carbocycles. The Hall–Kier alpha value is -1.78. The van der Waals surface area contributed by atoms with E-state index in [1.54, 1.807) is 17.9 Å². The average Bonchev–Trinajstić information content (AvgIpc) is 3.20. The molecule has 0 spiro atoms. The van der Waals surface area contributed by atoms with Gasteiger partial charge >= 0.3 is 6.18 Å². The minimum Gasteiger partial charge on any atom is -0.367 e. The number of nitrogens with one attached hydrogen (secondary N) is 1. The van der Waals surface area contributed by atoms with Crippen LogP contribution in [0.15, 0.2) is 6.07 Å². The Morgan fingerprint density at radius 2 is 2.07 bits per heavy atom. The number of nitrogens with zero attached hydrogens (tertiary/aromatic N) is 3. The molecule has 4 atom stereocenters. The van der Waals surface area contributed by atoms with Gasteiger partial charge in [-0.1, -0.05) is 0 Å². The fourth-order valence-corrected chi connectivity index (χ4v) is 6.55. The van der Waals surface area contributed by atoms with Gasteiger partial charge in [-0.15, -0.1) is 0 Å². The van der Waals surface area contributed by atoms with E-state index in [1.807, 2.05) is 0 Å². The van der Waals surface area contributed by atoms with Gasteiger partial charge in [-0.25, -0.2) is 13.1 Å². The summed E-state index contributed by atoms with van der Waals surface area (Å²) in [6, 6.07) is -0.503. The Balaban J connectivity index is 1.49. The van der Waals surface area contributed by atoms with Crippen LogP contribution < -0.4 is 5.32 Å². The van der Waals surface area contributed by atoms with Crippen LogP contribution >= 0.6 is 0 Å². The van der Waals surface area contributed by atoms with Crippen molar-refractivity contribution in [2.24, 2.45) is 11.8 Å². The van der Waals surface area contributed by atoms with Gasteiger partial charge in [0.2, 0.25) is 5.91 Å². The minimum atomic E-state index is -4.41. The number of fused-ring (bicyclic) bond motifs is 1. The van der Waals surface area contributed by atoms with Crippen molar-refractivity contribution in [2.75, 3.05) is 29.9 Å². The van der Waals surface area contributed by atoms with Crippen molar-refractivity contribution in [3.63, 3.8) is 0 Å². The van der Waals surface area contributed by atoms with Crippen molar-refractivity contribution in [1.29, 1.82) is 0 Å².